The highest BCUT2D eigenvalue weighted by molar-refractivity contribution is 7.90. The number of sulfonamides is 1. The molecule has 0 heterocycles. The molecule has 0 radical (unpaired) electrons. The molecule has 0 spiro atoms. The molecule has 3 nitrogen and oxygen atoms in total. The Balaban J connectivity index is 2.09. The van der Waals surface area contributed by atoms with Gasteiger partial charge in [0.25, 0.3) is 10.0 Å². The maximum absolute atomic E-state index is 11.9. The summed E-state index contributed by atoms with van der Waals surface area (Å²) in [7, 11) is -3.49. The normalized spacial score (nSPS) is 18.6. The molecule has 0 aromatic heterocycles. The molecular weight excluding hydrogens is 234 g/mol. The van der Waals surface area contributed by atoms with E-state index in [0.29, 0.717) is 5.92 Å². The largest absolute Gasteiger partial charge is 0.281 e. The van der Waals surface area contributed by atoms with Crippen LogP contribution in [0.3, 0.4) is 0 Å². The molecule has 4 heteroatoms. The highest BCUT2D eigenvalue weighted by Crippen LogP contribution is 2.22. The van der Waals surface area contributed by atoms with E-state index < -0.39 is 10.0 Å². The molecule has 92 valence electrons. The molecule has 0 amide bonds. The number of rotatable bonds is 3. The van der Waals surface area contributed by atoms with Crippen molar-refractivity contribution in [3.05, 3.63) is 30.3 Å². The van der Waals surface area contributed by atoms with Crippen molar-refractivity contribution in [1.82, 2.24) is 0 Å². The van der Waals surface area contributed by atoms with Crippen LogP contribution in [0.25, 0.3) is 0 Å². The van der Waals surface area contributed by atoms with Crippen molar-refractivity contribution < 1.29 is 8.42 Å². The van der Waals surface area contributed by atoms with E-state index in [1.165, 1.54) is 19.3 Å². The fourth-order valence-corrected chi connectivity index (χ4v) is 3.06. The van der Waals surface area contributed by atoms with Crippen LogP contribution in [0.2, 0.25) is 0 Å². The van der Waals surface area contributed by atoms with Gasteiger partial charge in [0.15, 0.2) is 0 Å². The minimum atomic E-state index is -3.49. The van der Waals surface area contributed by atoms with Crippen LogP contribution in [0.4, 0.5) is 0 Å². The van der Waals surface area contributed by atoms with Crippen LogP contribution in [-0.4, -0.2) is 14.6 Å². The van der Waals surface area contributed by atoms with Gasteiger partial charge in [-0.05, 0) is 30.9 Å². The molecule has 1 saturated carbocycles. The van der Waals surface area contributed by atoms with Gasteiger partial charge in [0.05, 0.1) is 4.90 Å². The van der Waals surface area contributed by atoms with Gasteiger partial charge in [0.2, 0.25) is 0 Å². The predicted octanol–water partition coefficient (Wildman–Crippen LogP) is 3.03. The third-order valence-corrected chi connectivity index (χ3v) is 4.37. The minimum absolute atomic E-state index is 0.270. The number of hydrogen-bond donors (Lipinski definition) is 0. The topological polar surface area (TPSA) is 46.5 Å². The van der Waals surface area contributed by atoms with Crippen molar-refractivity contribution in [2.45, 2.75) is 37.0 Å². The average Bonchev–Trinajstić information content (AvgIpc) is 2.39. The van der Waals surface area contributed by atoms with Crippen LogP contribution in [0, 0.1) is 5.92 Å². The summed E-state index contributed by atoms with van der Waals surface area (Å²) in [6, 6.07) is 8.37. The molecular formula is C13H17NO2S. The van der Waals surface area contributed by atoms with Crippen molar-refractivity contribution in [3.63, 3.8) is 0 Å². The third-order valence-electron chi connectivity index (χ3n) is 3.10. The van der Waals surface area contributed by atoms with Crippen LogP contribution >= 0.6 is 0 Å². The van der Waals surface area contributed by atoms with Crippen LogP contribution in [-0.2, 0) is 10.0 Å². The zero-order valence-corrected chi connectivity index (χ0v) is 10.6. The number of benzene rings is 1. The summed E-state index contributed by atoms with van der Waals surface area (Å²) < 4.78 is 27.6. The highest BCUT2D eigenvalue weighted by atomic mass is 32.2. The van der Waals surface area contributed by atoms with Gasteiger partial charge in [-0.3, -0.25) is 0 Å². The Labute approximate surface area is 103 Å². The van der Waals surface area contributed by atoms with E-state index in [1.807, 2.05) is 0 Å². The lowest BCUT2D eigenvalue weighted by atomic mass is 9.90. The Morgan fingerprint density at radius 2 is 1.71 bits per heavy atom. The molecule has 2 rings (SSSR count). The van der Waals surface area contributed by atoms with Crippen LogP contribution in [0.5, 0.6) is 0 Å². The van der Waals surface area contributed by atoms with Gasteiger partial charge in [-0.25, -0.2) is 0 Å². The van der Waals surface area contributed by atoms with Gasteiger partial charge in [-0.1, -0.05) is 37.5 Å². The van der Waals surface area contributed by atoms with E-state index in [-0.39, 0.29) is 4.90 Å². The lowest BCUT2D eigenvalue weighted by Gasteiger charge is -2.16. The summed E-state index contributed by atoms with van der Waals surface area (Å²) in [5.41, 5.74) is 0. The van der Waals surface area contributed by atoms with Crippen molar-refractivity contribution in [2.24, 2.45) is 10.3 Å². The Bertz CT molecular complexity index is 473. The van der Waals surface area contributed by atoms with Crippen molar-refractivity contribution in [3.8, 4) is 0 Å². The molecule has 0 N–H and O–H groups in total. The van der Waals surface area contributed by atoms with E-state index in [0.717, 1.165) is 12.8 Å². The van der Waals surface area contributed by atoms with Crippen LogP contribution in [0.1, 0.15) is 32.1 Å². The molecule has 1 aromatic rings. The molecule has 0 aliphatic heterocycles. The van der Waals surface area contributed by atoms with Crippen LogP contribution < -0.4 is 0 Å². The molecule has 17 heavy (non-hydrogen) atoms. The van der Waals surface area contributed by atoms with E-state index >= 15 is 0 Å². The first-order valence-electron chi connectivity index (χ1n) is 6.04. The summed E-state index contributed by atoms with van der Waals surface area (Å²) in [5.74, 6) is 0.335. The Morgan fingerprint density at radius 3 is 2.35 bits per heavy atom. The van der Waals surface area contributed by atoms with Gasteiger partial charge in [-0.15, -0.1) is 0 Å². The molecule has 0 atom stereocenters. The quantitative estimate of drug-likeness (QED) is 0.775. The zero-order valence-electron chi connectivity index (χ0n) is 9.75. The van der Waals surface area contributed by atoms with Gasteiger partial charge < -0.3 is 0 Å². The summed E-state index contributed by atoms with van der Waals surface area (Å²) in [6.07, 6.45) is 7.38. The first-order chi connectivity index (χ1) is 8.18. The maximum atomic E-state index is 11.9. The summed E-state index contributed by atoms with van der Waals surface area (Å²) in [6.45, 7) is 0. The molecule has 0 bridgehead atoms. The molecule has 1 fully saturated rings. The average molecular weight is 251 g/mol. The Kier molecular flexibility index (Phi) is 3.94. The SMILES string of the molecule is O=S(=O)(/N=C/C1CCCCC1)c1ccccc1. The first kappa shape index (κ1) is 12.3. The van der Waals surface area contributed by atoms with E-state index in [9.17, 15) is 8.42 Å². The fourth-order valence-electron chi connectivity index (χ4n) is 2.10. The zero-order chi connectivity index (χ0) is 12.1. The minimum Gasteiger partial charge on any atom is -0.199 e. The number of nitrogens with zero attached hydrogens (tertiary/aromatic N) is 1. The third kappa shape index (κ3) is 3.40. The van der Waals surface area contributed by atoms with Gasteiger partial charge in [-0.2, -0.15) is 12.8 Å². The predicted molar refractivity (Wildman–Crippen MR) is 68.7 cm³/mol. The van der Waals surface area contributed by atoms with E-state index in [1.54, 1.807) is 36.5 Å². The van der Waals surface area contributed by atoms with Crippen molar-refractivity contribution in [1.29, 1.82) is 0 Å². The van der Waals surface area contributed by atoms with E-state index in [2.05, 4.69) is 4.40 Å². The second-order valence-corrected chi connectivity index (χ2v) is 6.07. The van der Waals surface area contributed by atoms with Crippen LogP contribution in [0.15, 0.2) is 39.6 Å². The first-order valence-corrected chi connectivity index (χ1v) is 7.48. The Hall–Kier alpha value is -1.16. The lowest BCUT2D eigenvalue weighted by Crippen LogP contribution is -2.08. The monoisotopic (exact) mass is 251 g/mol. The van der Waals surface area contributed by atoms with Crippen molar-refractivity contribution in [2.75, 3.05) is 0 Å². The summed E-state index contributed by atoms with van der Waals surface area (Å²) in [4.78, 5) is 0.270. The number of hydrogen-bond acceptors (Lipinski definition) is 2. The fraction of sp³-hybridized carbons (Fsp3) is 0.462. The highest BCUT2D eigenvalue weighted by Gasteiger charge is 2.14. The smallest absolute Gasteiger partial charge is 0.199 e. The van der Waals surface area contributed by atoms with Crippen molar-refractivity contribution >= 4 is 16.2 Å². The lowest BCUT2D eigenvalue weighted by molar-refractivity contribution is 0.445. The standard InChI is InChI=1S/C13H17NO2S/c15-17(16,13-9-5-2-6-10-13)14-11-12-7-3-1-4-8-12/h2,5-6,9-12H,1,3-4,7-8H2/b14-11+. The van der Waals surface area contributed by atoms with Gasteiger partial charge >= 0.3 is 0 Å². The molecule has 1 aliphatic carbocycles. The van der Waals surface area contributed by atoms with Gasteiger partial charge in [0, 0.05) is 6.21 Å². The van der Waals surface area contributed by atoms with Gasteiger partial charge in [0.1, 0.15) is 0 Å². The maximum Gasteiger partial charge on any atom is 0.281 e. The summed E-state index contributed by atoms with van der Waals surface area (Å²) >= 11 is 0. The second kappa shape index (κ2) is 5.45. The summed E-state index contributed by atoms with van der Waals surface area (Å²) in [5, 5.41) is 0. The molecule has 0 unspecified atom stereocenters. The molecule has 1 aliphatic rings. The second-order valence-electron chi connectivity index (χ2n) is 4.44. The molecule has 0 saturated heterocycles. The van der Waals surface area contributed by atoms with E-state index in [4.69, 9.17) is 0 Å². The molecule has 1 aromatic carbocycles. The Morgan fingerprint density at radius 1 is 1.06 bits per heavy atom.